The number of aliphatic carboxylic acids is 1. The molecule has 4 atom stereocenters. The molecule has 2 N–H and O–H groups in total. The molecule has 2 amide bonds. The zero-order chi connectivity index (χ0) is 14.7. The number of hydrogen-bond donors (Lipinski definition) is 2. The van der Waals surface area contributed by atoms with Gasteiger partial charge in [0.2, 0.25) is 0 Å². The number of nitrogens with one attached hydrogen (secondary N) is 1. The fourth-order valence-corrected chi connectivity index (χ4v) is 3.63. The number of hydrogen-bond acceptors (Lipinski definition) is 2. The van der Waals surface area contributed by atoms with Gasteiger partial charge in [-0.3, -0.25) is 4.79 Å². The minimum absolute atomic E-state index is 0.0646. The van der Waals surface area contributed by atoms with Crippen molar-refractivity contribution in [3.05, 3.63) is 0 Å². The van der Waals surface area contributed by atoms with E-state index in [-0.39, 0.29) is 30.1 Å². The molecule has 0 saturated carbocycles. The van der Waals surface area contributed by atoms with Crippen LogP contribution in [-0.4, -0.2) is 40.1 Å². The van der Waals surface area contributed by atoms with E-state index in [9.17, 15) is 14.7 Å². The maximum atomic E-state index is 12.3. The van der Waals surface area contributed by atoms with Crippen molar-refractivity contribution in [2.24, 2.45) is 5.92 Å². The molecule has 0 aromatic rings. The lowest BCUT2D eigenvalue weighted by atomic mass is 9.89. The molecule has 2 saturated heterocycles. The molecule has 2 rings (SSSR count). The van der Waals surface area contributed by atoms with Gasteiger partial charge in [-0.2, -0.15) is 0 Å². The van der Waals surface area contributed by atoms with Crippen LogP contribution in [0.25, 0.3) is 0 Å². The number of urea groups is 1. The van der Waals surface area contributed by atoms with E-state index < -0.39 is 5.97 Å². The van der Waals surface area contributed by atoms with Gasteiger partial charge >= 0.3 is 12.0 Å². The standard InChI is InChI=1S/C15H26N2O3/c1-3-4-5-6-10(2)16-15(20)17-11-7-8-13(17)12(9-11)14(18)19/h10-13H,3-9H2,1-2H3,(H,16,20)(H,18,19). The Morgan fingerprint density at radius 1 is 1.35 bits per heavy atom. The van der Waals surface area contributed by atoms with E-state index in [0.29, 0.717) is 6.42 Å². The molecule has 5 heteroatoms. The summed E-state index contributed by atoms with van der Waals surface area (Å²) in [6.07, 6.45) is 6.89. The van der Waals surface area contributed by atoms with Crippen LogP contribution < -0.4 is 5.32 Å². The van der Waals surface area contributed by atoms with Crippen molar-refractivity contribution in [1.82, 2.24) is 10.2 Å². The van der Waals surface area contributed by atoms with Crippen molar-refractivity contribution >= 4 is 12.0 Å². The number of nitrogens with zero attached hydrogens (tertiary/aromatic N) is 1. The summed E-state index contributed by atoms with van der Waals surface area (Å²) in [5.41, 5.74) is 0. The highest BCUT2D eigenvalue weighted by Gasteiger charge is 2.51. The predicted octanol–water partition coefficient (Wildman–Crippen LogP) is 2.60. The Labute approximate surface area is 120 Å². The van der Waals surface area contributed by atoms with Crippen LogP contribution in [0, 0.1) is 5.92 Å². The number of fused-ring (bicyclic) bond motifs is 2. The molecule has 20 heavy (non-hydrogen) atoms. The molecule has 0 aromatic heterocycles. The number of amides is 2. The first-order chi connectivity index (χ1) is 9.54. The van der Waals surface area contributed by atoms with Gasteiger partial charge in [0, 0.05) is 18.1 Å². The number of carboxylic acids is 1. The largest absolute Gasteiger partial charge is 0.481 e. The molecular weight excluding hydrogens is 256 g/mol. The summed E-state index contributed by atoms with van der Waals surface area (Å²) in [6.45, 7) is 4.19. The van der Waals surface area contributed by atoms with E-state index in [4.69, 9.17) is 0 Å². The average Bonchev–Trinajstić information content (AvgIpc) is 2.96. The molecule has 2 heterocycles. The molecule has 0 radical (unpaired) electrons. The van der Waals surface area contributed by atoms with Gasteiger partial charge in [0.15, 0.2) is 0 Å². The van der Waals surface area contributed by atoms with Gasteiger partial charge in [-0.15, -0.1) is 0 Å². The molecular formula is C15H26N2O3. The third-order valence-corrected chi connectivity index (χ3v) is 4.70. The summed E-state index contributed by atoms with van der Waals surface area (Å²) >= 11 is 0. The minimum Gasteiger partial charge on any atom is -0.481 e. The van der Waals surface area contributed by atoms with Crippen molar-refractivity contribution in [2.75, 3.05) is 0 Å². The molecule has 0 spiro atoms. The van der Waals surface area contributed by atoms with Crippen molar-refractivity contribution < 1.29 is 14.7 Å². The van der Waals surface area contributed by atoms with Gasteiger partial charge in [0.1, 0.15) is 0 Å². The maximum absolute atomic E-state index is 12.3. The first-order valence-electron chi connectivity index (χ1n) is 7.86. The first kappa shape index (κ1) is 15.1. The summed E-state index contributed by atoms with van der Waals surface area (Å²) in [7, 11) is 0. The van der Waals surface area contributed by atoms with Gasteiger partial charge in [-0.1, -0.05) is 26.2 Å². The third kappa shape index (κ3) is 3.07. The Balaban J connectivity index is 1.85. The van der Waals surface area contributed by atoms with E-state index in [0.717, 1.165) is 25.7 Å². The predicted molar refractivity (Wildman–Crippen MR) is 76.5 cm³/mol. The van der Waals surface area contributed by atoms with E-state index in [1.54, 1.807) is 4.90 Å². The highest BCUT2D eigenvalue weighted by atomic mass is 16.4. The highest BCUT2D eigenvalue weighted by molar-refractivity contribution is 5.79. The van der Waals surface area contributed by atoms with Crippen LogP contribution in [0.5, 0.6) is 0 Å². The van der Waals surface area contributed by atoms with Gasteiger partial charge < -0.3 is 15.3 Å². The van der Waals surface area contributed by atoms with Gasteiger partial charge in [-0.25, -0.2) is 4.79 Å². The average molecular weight is 282 g/mol. The van der Waals surface area contributed by atoms with Crippen LogP contribution >= 0.6 is 0 Å². The van der Waals surface area contributed by atoms with Gasteiger partial charge in [0.25, 0.3) is 0 Å². The fourth-order valence-electron chi connectivity index (χ4n) is 3.63. The van der Waals surface area contributed by atoms with E-state index in [1.807, 2.05) is 6.92 Å². The Morgan fingerprint density at radius 3 is 2.70 bits per heavy atom. The lowest BCUT2D eigenvalue weighted by Crippen LogP contribution is -2.47. The van der Waals surface area contributed by atoms with Crippen LogP contribution in [0.1, 0.15) is 58.8 Å². The van der Waals surface area contributed by atoms with Crippen molar-refractivity contribution in [2.45, 2.75) is 76.9 Å². The zero-order valence-electron chi connectivity index (χ0n) is 12.5. The topological polar surface area (TPSA) is 69.6 Å². The highest BCUT2D eigenvalue weighted by Crippen LogP contribution is 2.41. The van der Waals surface area contributed by atoms with Crippen LogP contribution in [-0.2, 0) is 4.79 Å². The van der Waals surface area contributed by atoms with Crippen LogP contribution in [0.4, 0.5) is 4.79 Å². The molecule has 2 fully saturated rings. The SMILES string of the molecule is CCCCCC(C)NC(=O)N1C2CCC1C(C(=O)O)C2. The molecule has 0 aromatic carbocycles. The number of carboxylic acid groups (broad SMARTS) is 1. The second kappa shape index (κ2) is 6.46. The summed E-state index contributed by atoms with van der Waals surface area (Å²) in [4.78, 5) is 25.3. The van der Waals surface area contributed by atoms with E-state index >= 15 is 0 Å². The molecule has 2 aliphatic rings. The van der Waals surface area contributed by atoms with Crippen molar-refractivity contribution in [1.29, 1.82) is 0 Å². The lowest BCUT2D eigenvalue weighted by Gasteiger charge is -2.25. The number of rotatable bonds is 6. The molecule has 5 nitrogen and oxygen atoms in total. The molecule has 2 bridgehead atoms. The third-order valence-electron chi connectivity index (χ3n) is 4.70. The summed E-state index contributed by atoms with van der Waals surface area (Å²) in [5.74, 6) is -1.12. The molecule has 2 aliphatic heterocycles. The smallest absolute Gasteiger partial charge is 0.318 e. The Hall–Kier alpha value is -1.26. The summed E-state index contributed by atoms with van der Waals surface area (Å²) in [5, 5.41) is 12.2. The number of carbonyl (C=O) groups excluding carboxylic acids is 1. The molecule has 0 aliphatic carbocycles. The van der Waals surface area contributed by atoms with Crippen molar-refractivity contribution in [3.63, 3.8) is 0 Å². The summed E-state index contributed by atoms with van der Waals surface area (Å²) in [6, 6.07) is 0.131. The van der Waals surface area contributed by atoms with Crippen LogP contribution in [0.3, 0.4) is 0 Å². The number of unbranched alkanes of at least 4 members (excludes halogenated alkanes) is 2. The van der Waals surface area contributed by atoms with Crippen LogP contribution in [0.15, 0.2) is 0 Å². The van der Waals surface area contributed by atoms with Crippen molar-refractivity contribution in [3.8, 4) is 0 Å². The summed E-state index contributed by atoms with van der Waals surface area (Å²) < 4.78 is 0. The van der Waals surface area contributed by atoms with Gasteiger partial charge in [0.05, 0.1) is 5.92 Å². The first-order valence-corrected chi connectivity index (χ1v) is 7.86. The second-order valence-electron chi connectivity index (χ2n) is 6.23. The Bertz CT molecular complexity index is 372. The normalized spacial score (nSPS) is 29.5. The quantitative estimate of drug-likeness (QED) is 0.736. The Morgan fingerprint density at radius 2 is 2.10 bits per heavy atom. The molecule has 4 unspecified atom stereocenters. The van der Waals surface area contributed by atoms with E-state index in [1.165, 1.54) is 12.8 Å². The fraction of sp³-hybridized carbons (Fsp3) is 0.867. The lowest BCUT2D eigenvalue weighted by molar-refractivity contribution is -0.142. The van der Waals surface area contributed by atoms with Gasteiger partial charge in [-0.05, 0) is 32.6 Å². The monoisotopic (exact) mass is 282 g/mol. The zero-order valence-corrected chi connectivity index (χ0v) is 12.5. The van der Waals surface area contributed by atoms with Crippen LogP contribution in [0.2, 0.25) is 0 Å². The van der Waals surface area contributed by atoms with E-state index in [2.05, 4.69) is 12.2 Å². The maximum Gasteiger partial charge on any atom is 0.318 e. The second-order valence-corrected chi connectivity index (χ2v) is 6.23. The number of carbonyl (C=O) groups is 2. The Kier molecular flexibility index (Phi) is 4.89. The minimum atomic E-state index is -0.758. The molecule has 114 valence electrons.